The summed E-state index contributed by atoms with van der Waals surface area (Å²) in [7, 11) is 0. The molecule has 4 heteroatoms. The summed E-state index contributed by atoms with van der Waals surface area (Å²) in [6.07, 6.45) is 3.89. The minimum absolute atomic E-state index is 0.00900. The molecule has 0 bridgehead atoms. The van der Waals surface area contributed by atoms with Crippen LogP contribution in [0.4, 0.5) is 4.39 Å². The lowest BCUT2D eigenvalue weighted by molar-refractivity contribution is -0.00734. The number of piperidine rings is 1. The second kappa shape index (κ2) is 6.42. The first kappa shape index (κ1) is 14.9. The van der Waals surface area contributed by atoms with E-state index in [2.05, 4.69) is 16.7 Å². The van der Waals surface area contributed by atoms with Gasteiger partial charge in [-0.15, -0.1) is 0 Å². The Kier molecular flexibility index (Phi) is 4.57. The number of nitrogens with two attached hydrogens (primary N) is 1. The van der Waals surface area contributed by atoms with Crippen molar-refractivity contribution < 1.29 is 4.39 Å². The Balaban J connectivity index is 1.81. The molecule has 116 valence electrons. The molecule has 0 amide bonds. The number of rotatable bonds is 3. The highest BCUT2D eigenvalue weighted by Crippen LogP contribution is 2.31. The standard InChI is InChI=1S/C17H26FN3/c1-13-11-20-9-5-4-6-14(20)12-21(13)17(10-19)15-7-2-3-8-16(15)18/h2-3,7-8,13-14,17H,4-6,9-12,19H2,1H3. The predicted octanol–water partition coefficient (Wildman–Crippen LogP) is 2.38. The Hall–Kier alpha value is -0.970. The molecule has 1 aromatic carbocycles. The number of hydrogen-bond acceptors (Lipinski definition) is 3. The summed E-state index contributed by atoms with van der Waals surface area (Å²) in [5.74, 6) is -0.133. The van der Waals surface area contributed by atoms with Crippen molar-refractivity contribution in [2.45, 2.75) is 44.3 Å². The number of fused-ring (bicyclic) bond motifs is 1. The molecule has 21 heavy (non-hydrogen) atoms. The van der Waals surface area contributed by atoms with E-state index in [1.54, 1.807) is 12.1 Å². The van der Waals surface area contributed by atoms with E-state index in [0.717, 1.165) is 18.7 Å². The predicted molar refractivity (Wildman–Crippen MR) is 83.6 cm³/mol. The van der Waals surface area contributed by atoms with E-state index in [0.29, 0.717) is 18.6 Å². The first-order valence-corrected chi connectivity index (χ1v) is 8.15. The Morgan fingerprint density at radius 1 is 1.29 bits per heavy atom. The highest BCUT2D eigenvalue weighted by Gasteiger charge is 2.36. The van der Waals surface area contributed by atoms with Crippen LogP contribution in [0, 0.1) is 5.82 Å². The lowest BCUT2D eigenvalue weighted by Gasteiger charge is -2.50. The van der Waals surface area contributed by atoms with Gasteiger partial charge in [-0.1, -0.05) is 24.6 Å². The highest BCUT2D eigenvalue weighted by atomic mass is 19.1. The van der Waals surface area contributed by atoms with E-state index in [1.807, 2.05) is 12.1 Å². The summed E-state index contributed by atoms with van der Waals surface area (Å²) >= 11 is 0. The normalized spacial score (nSPS) is 29.1. The van der Waals surface area contributed by atoms with Crippen LogP contribution >= 0.6 is 0 Å². The minimum Gasteiger partial charge on any atom is -0.329 e. The fraction of sp³-hybridized carbons (Fsp3) is 0.647. The van der Waals surface area contributed by atoms with Gasteiger partial charge in [-0.3, -0.25) is 9.80 Å². The molecule has 0 spiro atoms. The maximum atomic E-state index is 14.1. The molecule has 2 fully saturated rings. The van der Waals surface area contributed by atoms with Gasteiger partial charge < -0.3 is 5.73 Å². The van der Waals surface area contributed by atoms with Crippen LogP contribution in [0.2, 0.25) is 0 Å². The first-order chi connectivity index (χ1) is 10.2. The van der Waals surface area contributed by atoms with Crippen LogP contribution in [0.3, 0.4) is 0 Å². The molecule has 2 aliphatic heterocycles. The zero-order valence-corrected chi connectivity index (χ0v) is 12.8. The quantitative estimate of drug-likeness (QED) is 0.928. The molecule has 1 aromatic rings. The monoisotopic (exact) mass is 291 g/mol. The molecular formula is C17H26FN3. The fourth-order valence-electron chi connectivity index (χ4n) is 4.00. The van der Waals surface area contributed by atoms with Gasteiger partial charge in [-0.05, 0) is 32.4 Å². The summed E-state index contributed by atoms with van der Waals surface area (Å²) in [6.45, 7) is 6.02. The number of benzene rings is 1. The van der Waals surface area contributed by atoms with Gasteiger partial charge in [0.25, 0.3) is 0 Å². The Bertz CT molecular complexity index is 479. The van der Waals surface area contributed by atoms with Crippen molar-refractivity contribution in [2.75, 3.05) is 26.2 Å². The van der Waals surface area contributed by atoms with Crippen LogP contribution in [-0.2, 0) is 0 Å². The minimum atomic E-state index is -0.133. The first-order valence-electron chi connectivity index (χ1n) is 8.15. The molecule has 2 heterocycles. The summed E-state index contributed by atoms with van der Waals surface area (Å²) in [4.78, 5) is 5.03. The molecule has 0 saturated carbocycles. The van der Waals surface area contributed by atoms with E-state index < -0.39 is 0 Å². The zero-order valence-electron chi connectivity index (χ0n) is 12.8. The lowest BCUT2D eigenvalue weighted by atomic mass is 9.94. The molecule has 2 aliphatic rings. The largest absolute Gasteiger partial charge is 0.329 e. The van der Waals surface area contributed by atoms with Crippen LogP contribution in [0.1, 0.15) is 37.8 Å². The van der Waals surface area contributed by atoms with E-state index in [-0.39, 0.29) is 11.9 Å². The Morgan fingerprint density at radius 2 is 2.10 bits per heavy atom. The van der Waals surface area contributed by atoms with Crippen molar-refractivity contribution >= 4 is 0 Å². The van der Waals surface area contributed by atoms with Gasteiger partial charge in [0.15, 0.2) is 0 Å². The van der Waals surface area contributed by atoms with E-state index in [1.165, 1.54) is 25.8 Å². The number of halogens is 1. The molecule has 3 nitrogen and oxygen atoms in total. The van der Waals surface area contributed by atoms with Crippen LogP contribution in [0.15, 0.2) is 24.3 Å². The zero-order chi connectivity index (χ0) is 14.8. The third-order valence-corrected chi connectivity index (χ3v) is 5.12. The maximum Gasteiger partial charge on any atom is 0.128 e. The van der Waals surface area contributed by atoms with Crippen molar-refractivity contribution in [3.63, 3.8) is 0 Å². The van der Waals surface area contributed by atoms with Gasteiger partial charge in [0, 0.05) is 37.3 Å². The van der Waals surface area contributed by atoms with Crippen LogP contribution < -0.4 is 5.73 Å². The van der Waals surface area contributed by atoms with Crippen LogP contribution in [-0.4, -0.2) is 48.1 Å². The second-order valence-corrected chi connectivity index (χ2v) is 6.46. The summed E-state index contributed by atoms with van der Waals surface area (Å²) in [5, 5.41) is 0. The van der Waals surface area contributed by atoms with Crippen molar-refractivity contribution in [2.24, 2.45) is 5.73 Å². The molecule has 0 aromatic heterocycles. The molecule has 0 aliphatic carbocycles. The van der Waals surface area contributed by atoms with Crippen LogP contribution in [0.5, 0.6) is 0 Å². The topological polar surface area (TPSA) is 32.5 Å². The SMILES string of the molecule is CC1CN2CCCCC2CN1C(CN)c1ccccc1F. The van der Waals surface area contributed by atoms with Gasteiger partial charge in [0.2, 0.25) is 0 Å². The lowest BCUT2D eigenvalue weighted by Crippen LogP contribution is -2.60. The molecule has 3 unspecified atom stereocenters. The summed E-state index contributed by atoms with van der Waals surface area (Å²) < 4.78 is 14.1. The van der Waals surface area contributed by atoms with E-state index >= 15 is 0 Å². The highest BCUT2D eigenvalue weighted by molar-refractivity contribution is 5.22. The number of nitrogens with zero attached hydrogens (tertiary/aromatic N) is 2. The van der Waals surface area contributed by atoms with Crippen LogP contribution in [0.25, 0.3) is 0 Å². The number of hydrogen-bond donors (Lipinski definition) is 1. The van der Waals surface area contributed by atoms with Gasteiger partial charge in [-0.2, -0.15) is 0 Å². The summed E-state index contributed by atoms with van der Waals surface area (Å²) in [6, 6.07) is 8.11. The third-order valence-electron chi connectivity index (χ3n) is 5.12. The molecule has 0 radical (unpaired) electrons. The summed E-state index contributed by atoms with van der Waals surface area (Å²) in [5.41, 5.74) is 6.76. The van der Waals surface area contributed by atoms with Gasteiger partial charge in [-0.25, -0.2) is 4.39 Å². The van der Waals surface area contributed by atoms with Crippen molar-refractivity contribution in [3.05, 3.63) is 35.6 Å². The molecule has 2 N–H and O–H groups in total. The molecule has 3 atom stereocenters. The second-order valence-electron chi connectivity index (χ2n) is 6.46. The van der Waals surface area contributed by atoms with Crippen molar-refractivity contribution in [1.82, 2.24) is 9.80 Å². The fourth-order valence-corrected chi connectivity index (χ4v) is 4.00. The van der Waals surface area contributed by atoms with Gasteiger partial charge in [0.05, 0.1) is 6.04 Å². The Morgan fingerprint density at radius 3 is 2.86 bits per heavy atom. The van der Waals surface area contributed by atoms with E-state index in [9.17, 15) is 4.39 Å². The average molecular weight is 291 g/mol. The third kappa shape index (κ3) is 2.98. The smallest absolute Gasteiger partial charge is 0.128 e. The average Bonchev–Trinajstić information content (AvgIpc) is 2.50. The van der Waals surface area contributed by atoms with Gasteiger partial charge >= 0.3 is 0 Å². The number of piperazine rings is 1. The van der Waals surface area contributed by atoms with Crippen molar-refractivity contribution in [3.8, 4) is 0 Å². The molecular weight excluding hydrogens is 265 g/mol. The van der Waals surface area contributed by atoms with E-state index in [4.69, 9.17) is 5.73 Å². The molecule has 3 rings (SSSR count). The Labute approximate surface area is 126 Å². The van der Waals surface area contributed by atoms with Crippen molar-refractivity contribution in [1.29, 1.82) is 0 Å². The molecule has 2 saturated heterocycles. The maximum absolute atomic E-state index is 14.1. The van der Waals surface area contributed by atoms with Gasteiger partial charge in [0.1, 0.15) is 5.82 Å².